The van der Waals surface area contributed by atoms with E-state index in [1.54, 1.807) is 0 Å². The summed E-state index contributed by atoms with van der Waals surface area (Å²) in [6.07, 6.45) is 0. The Kier molecular flexibility index (Phi) is 4.18. The fourth-order valence-corrected chi connectivity index (χ4v) is 7.54. The van der Waals surface area contributed by atoms with Crippen LogP contribution in [0, 0.1) is 0 Å². The van der Waals surface area contributed by atoms with Gasteiger partial charge in [0.15, 0.2) is 0 Å². The van der Waals surface area contributed by atoms with Gasteiger partial charge in [-0.15, -0.1) is 0 Å². The first-order chi connectivity index (χ1) is 19.6. The molecule has 1 heterocycles. The summed E-state index contributed by atoms with van der Waals surface area (Å²) in [5, 5.41) is 10.5. The Bertz CT molecular complexity index is 2350. The second kappa shape index (κ2) is 7.61. The summed E-state index contributed by atoms with van der Waals surface area (Å²) in [6, 6.07) is 47.3. The molecule has 0 N–H and O–H groups in total. The summed E-state index contributed by atoms with van der Waals surface area (Å²) in [6.45, 7) is 4.73. The van der Waals surface area contributed by atoms with E-state index in [2.05, 4.69) is 146 Å². The van der Waals surface area contributed by atoms with E-state index in [0.717, 1.165) is 0 Å². The highest BCUT2D eigenvalue weighted by atomic mass is 15.0. The van der Waals surface area contributed by atoms with Gasteiger partial charge in [-0.05, 0) is 67.4 Å². The van der Waals surface area contributed by atoms with Crippen LogP contribution in [0.5, 0.6) is 0 Å². The number of hydrogen-bond donors (Lipinski definition) is 0. The molecule has 0 amide bonds. The van der Waals surface area contributed by atoms with Crippen molar-refractivity contribution in [2.45, 2.75) is 19.3 Å². The van der Waals surface area contributed by atoms with Gasteiger partial charge in [-0.25, -0.2) is 0 Å². The predicted molar refractivity (Wildman–Crippen MR) is 171 cm³/mol. The van der Waals surface area contributed by atoms with E-state index in [1.807, 2.05) is 0 Å². The number of fused-ring (bicyclic) bond motifs is 13. The molecule has 1 nitrogen and oxygen atoms in total. The number of benzene rings is 7. The molecule has 1 heteroatoms. The fraction of sp³-hybridized carbons (Fsp3) is 0.0769. The smallest absolute Gasteiger partial charge is 0.0626 e. The van der Waals surface area contributed by atoms with Crippen LogP contribution in [0.1, 0.15) is 25.0 Å². The lowest BCUT2D eigenvalue weighted by atomic mass is 9.82. The van der Waals surface area contributed by atoms with Crippen molar-refractivity contribution in [3.05, 3.63) is 139 Å². The summed E-state index contributed by atoms with van der Waals surface area (Å²) in [5.41, 5.74) is 9.22. The zero-order valence-electron chi connectivity index (χ0n) is 22.6. The van der Waals surface area contributed by atoms with Crippen molar-refractivity contribution in [2.24, 2.45) is 0 Å². The van der Waals surface area contributed by atoms with Gasteiger partial charge in [0.2, 0.25) is 0 Å². The summed E-state index contributed by atoms with van der Waals surface area (Å²) in [4.78, 5) is 0. The van der Waals surface area contributed by atoms with Gasteiger partial charge in [0.05, 0.1) is 11.0 Å². The molecule has 0 bridgehead atoms. The summed E-state index contributed by atoms with van der Waals surface area (Å²) in [5.74, 6) is 0. The van der Waals surface area contributed by atoms with Crippen molar-refractivity contribution in [1.29, 1.82) is 0 Å². The number of nitrogens with zero attached hydrogens (tertiary/aromatic N) is 1. The van der Waals surface area contributed by atoms with Crippen LogP contribution in [0.2, 0.25) is 0 Å². The first kappa shape index (κ1) is 22.0. The maximum Gasteiger partial charge on any atom is 0.0626 e. The summed E-state index contributed by atoms with van der Waals surface area (Å²) < 4.78 is 2.53. The van der Waals surface area contributed by atoms with Crippen molar-refractivity contribution in [3.63, 3.8) is 0 Å². The van der Waals surface area contributed by atoms with Crippen LogP contribution in [0.15, 0.2) is 127 Å². The first-order valence-electron chi connectivity index (χ1n) is 14.1. The molecule has 188 valence electrons. The molecular formula is C39H27N. The van der Waals surface area contributed by atoms with Crippen molar-refractivity contribution in [3.8, 4) is 16.8 Å². The molecule has 9 rings (SSSR count). The van der Waals surface area contributed by atoms with Crippen molar-refractivity contribution < 1.29 is 0 Å². The molecule has 0 saturated carbocycles. The van der Waals surface area contributed by atoms with Gasteiger partial charge in [-0.3, -0.25) is 0 Å². The van der Waals surface area contributed by atoms with Crippen LogP contribution in [0.25, 0.3) is 70.9 Å². The molecule has 1 aromatic heterocycles. The average molecular weight is 510 g/mol. The van der Waals surface area contributed by atoms with Gasteiger partial charge in [0, 0.05) is 27.3 Å². The van der Waals surface area contributed by atoms with Crippen LogP contribution >= 0.6 is 0 Å². The third-order valence-corrected chi connectivity index (χ3v) is 9.35. The molecule has 7 aromatic carbocycles. The van der Waals surface area contributed by atoms with Gasteiger partial charge < -0.3 is 4.57 Å². The molecule has 0 atom stereocenters. The van der Waals surface area contributed by atoms with Crippen LogP contribution in [0.4, 0.5) is 0 Å². The zero-order chi connectivity index (χ0) is 26.6. The van der Waals surface area contributed by atoms with E-state index >= 15 is 0 Å². The normalized spacial score (nSPS) is 13.9. The molecule has 0 spiro atoms. The highest BCUT2D eigenvalue weighted by Crippen LogP contribution is 2.50. The average Bonchev–Trinajstić information content (AvgIpc) is 3.47. The Morgan fingerprint density at radius 2 is 1.10 bits per heavy atom. The molecule has 1 aliphatic carbocycles. The molecule has 8 aromatic rings. The van der Waals surface area contributed by atoms with E-state index in [1.165, 1.54) is 82.1 Å². The van der Waals surface area contributed by atoms with Crippen LogP contribution in [-0.4, -0.2) is 4.57 Å². The number of rotatable bonds is 1. The first-order valence-corrected chi connectivity index (χ1v) is 14.1. The van der Waals surface area contributed by atoms with Crippen molar-refractivity contribution >= 4 is 54.1 Å². The van der Waals surface area contributed by atoms with Crippen LogP contribution in [-0.2, 0) is 5.41 Å². The van der Waals surface area contributed by atoms with E-state index in [9.17, 15) is 0 Å². The Hall–Kier alpha value is -4.88. The van der Waals surface area contributed by atoms with E-state index in [0.29, 0.717) is 0 Å². The third kappa shape index (κ3) is 2.67. The topological polar surface area (TPSA) is 4.93 Å². The third-order valence-electron chi connectivity index (χ3n) is 9.35. The lowest BCUT2D eigenvalue weighted by Gasteiger charge is -2.22. The Balaban J connectivity index is 1.51. The highest BCUT2D eigenvalue weighted by Gasteiger charge is 2.35. The molecule has 0 fully saturated rings. The quantitative estimate of drug-likeness (QED) is 0.194. The second-order valence-corrected chi connectivity index (χ2v) is 11.7. The Labute approximate surface area is 232 Å². The largest absolute Gasteiger partial charge is 0.309 e. The maximum absolute atomic E-state index is 2.53. The Morgan fingerprint density at radius 3 is 1.93 bits per heavy atom. The van der Waals surface area contributed by atoms with E-state index in [-0.39, 0.29) is 5.41 Å². The van der Waals surface area contributed by atoms with Gasteiger partial charge in [-0.2, -0.15) is 0 Å². The molecular weight excluding hydrogens is 482 g/mol. The van der Waals surface area contributed by atoms with Crippen molar-refractivity contribution in [1.82, 2.24) is 4.57 Å². The molecule has 0 saturated heterocycles. The molecule has 40 heavy (non-hydrogen) atoms. The molecule has 1 aliphatic rings. The fourth-order valence-electron chi connectivity index (χ4n) is 7.54. The monoisotopic (exact) mass is 509 g/mol. The van der Waals surface area contributed by atoms with Crippen LogP contribution in [0.3, 0.4) is 0 Å². The SMILES string of the molecule is CC1(C)c2ccccc2-c2ccc(-n3c4ccc5ccccc5c4c4c5ccccc5c5ccccc5c43)cc21. The van der Waals surface area contributed by atoms with E-state index in [4.69, 9.17) is 0 Å². The maximum atomic E-state index is 2.53. The minimum absolute atomic E-state index is 0.0534. The number of hydrogen-bond acceptors (Lipinski definition) is 0. The lowest BCUT2D eigenvalue weighted by Crippen LogP contribution is -2.15. The van der Waals surface area contributed by atoms with E-state index < -0.39 is 0 Å². The molecule has 0 unspecified atom stereocenters. The molecule has 0 aliphatic heterocycles. The van der Waals surface area contributed by atoms with Gasteiger partial charge in [0.25, 0.3) is 0 Å². The highest BCUT2D eigenvalue weighted by molar-refractivity contribution is 6.35. The predicted octanol–water partition coefficient (Wildman–Crippen LogP) is 10.5. The minimum atomic E-state index is -0.0534. The van der Waals surface area contributed by atoms with Gasteiger partial charge in [-0.1, -0.05) is 123 Å². The van der Waals surface area contributed by atoms with Gasteiger partial charge >= 0.3 is 0 Å². The Morgan fingerprint density at radius 1 is 0.475 bits per heavy atom. The van der Waals surface area contributed by atoms with Crippen LogP contribution < -0.4 is 0 Å². The van der Waals surface area contributed by atoms with Gasteiger partial charge in [0.1, 0.15) is 0 Å². The lowest BCUT2D eigenvalue weighted by molar-refractivity contribution is 0.660. The summed E-state index contributed by atoms with van der Waals surface area (Å²) in [7, 11) is 0. The zero-order valence-corrected chi connectivity index (χ0v) is 22.6. The minimum Gasteiger partial charge on any atom is -0.309 e. The second-order valence-electron chi connectivity index (χ2n) is 11.7. The number of aromatic nitrogens is 1. The summed E-state index contributed by atoms with van der Waals surface area (Å²) >= 11 is 0. The van der Waals surface area contributed by atoms with Crippen molar-refractivity contribution in [2.75, 3.05) is 0 Å². The standard InChI is InChI=1S/C39H27N/c1-39(2)33-18-10-9-15-29(33)30-21-20-25(23-34(30)39)40-35-22-19-24-11-3-4-12-26(24)36(35)37-31-16-7-5-13-27(31)28-14-6-8-17-32(28)38(37)40/h3-23H,1-2H3. The molecule has 0 radical (unpaired) electrons.